The van der Waals surface area contributed by atoms with Gasteiger partial charge in [-0.25, -0.2) is 4.39 Å². The normalized spacial score (nSPS) is 15.9. The number of piperidine rings is 1. The van der Waals surface area contributed by atoms with Crippen molar-refractivity contribution in [3.05, 3.63) is 68.8 Å². The highest BCUT2D eigenvalue weighted by atomic mass is 19.1. The van der Waals surface area contributed by atoms with Gasteiger partial charge in [-0.3, -0.25) is 14.4 Å². The smallest absolute Gasteiger partial charge is 0.309 e. The Morgan fingerprint density at radius 2 is 1.85 bits per heavy atom. The predicted molar refractivity (Wildman–Crippen MR) is 147 cm³/mol. The molecular weight excluding hydrogens is 501 g/mol. The van der Waals surface area contributed by atoms with Crippen LogP contribution in [0.5, 0.6) is 5.75 Å². The maximum Gasteiger partial charge on any atom is 0.309 e. The van der Waals surface area contributed by atoms with Gasteiger partial charge in [0, 0.05) is 31.9 Å². The third-order valence-corrected chi connectivity index (χ3v) is 7.77. The van der Waals surface area contributed by atoms with E-state index in [1.165, 1.54) is 6.20 Å². The SMILES string of the molecule is CCOC(=O)C1CCN(c2c(F)cc3c(=O)c(C(=O)NCc4ccc(C)cc4C)cn(C4CC4)c3c2O)CC1. The summed E-state index contributed by atoms with van der Waals surface area (Å²) in [4.78, 5) is 40.4. The van der Waals surface area contributed by atoms with E-state index >= 15 is 4.39 Å². The molecule has 2 aromatic carbocycles. The van der Waals surface area contributed by atoms with Crippen LogP contribution in [-0.2, 0) is 16.1 Å². The molecule has 1 amide bonds. The molecule has 1 aliphatic carbocycles. The van der Waals surface area contributed by atoms with Crippen LogP contribution in [0.25, 0.3) is 10.9 Å². The molecule has 1 saturated heterocycles. The van der Waals surface area contributed by atoms with Crippen molar-refractivity contribution in [3.63, 3.8) is 0 Å². The first kappa shape index (κ1) is 26.7. The maximum atomic E-state index is 15.5. The molecule has 1 aliphatic heterocycles. The molecule has 1 saturated carbocycles. The Hall–Kier alpha value is -3.88. The van der Waals surface area contributed by atoms with Crippen molar-refractivity contribution in [2.24, 2.45) is 5.92 Å². The van der Waals surface area contributed by atoms with Crippen molar-refractivity contribution < 1.29 is 23.8 Å². The number of phenols is 1. The number of hydrogen-bond donors (Lipinski definition) is 2. The highest BCUT2D eigenvalue weighted by Gasteiger charge is 2.33. The van der Waals surface area contributed by atoms with Gasteiger partial charge < -0.3 is 24.6 Å². The lowest BCUT2D eigenvalue weighted by molar-refractivity contribution is -0.148. The van der Waals surface area contributed by atoms with E-state index < -0.39 is 17.2 Å². The molecule has 9 heteroatoms. The molecule has 3 aromatic rings. The topological polar surface area (TPSA) is 101 Å². The van der Waals surface area contributed by atoms with E-state index in [4.69, 9.17) is 4.74 Å². The maximum absolute atomic E-state index is 15.5. The molecule has 0 atom stereocenters. The first-order chi connectivity index (χ1) is 18.7. The minimum atomic E-state index is -0.734. The third kappa shape index (κ3) is 5.22. The Labute approximate surface area is 226 Å². The van der Waals surface area contributed by atoms with Crippen molar-refractivity contribution in [3.8, 4) is 5.75 Å². The molecule has 0 radical (unpaired) electrons. The van der Waals surface area contributed by atoms with Gasteiger partial charge in [0.25, 0.3) is 5.91 Å². The number of pyridine rings is 1. The van der Waals surface area contributed by atoms with Gasteiger partial charge >= 0.3 is 5.97 Å². The fourth-order valence-electron chi connectivity index (χ4n) is 5.48. The summed E-state index contributed by atoms with van der Waals surface area (Å²) >= 11 is 0. The van der Waals surface area contributed by atoms with Crippen LogP contribution in [0.4, 0.5) is 10.1 Å². The van der Waals surface area contributed by atoms with Crippen LogP contribution >= 0.6 is 0 Å². The molecule has 0 spiro atoms. The number of nitrogens with zero attached hydrogens (tertiary/aromatic N) is 2. The first-order valence-electron chi connectivity index (χ1n) is 13.6. The minimum Gasteiger partial charge on any atom is -0.504 e. The van der Waals surface area contributed by atoms with E-state index in [0.717, 1.165) is 35.6 Å². The lowest BCUT2D eigenvalue weighted by Crippen LogP contribution is -2.37. The Kier molecular flexibility index (Phi) is 7.34. The van der Waals surface area contributed by atoms with E-state index in [9.17, 15) is 19.5 Å². The van der Waals surface area contributed by atoms with Gasteiger partial charge in [-0.15, -0.1) is 0 Å². The second kappa shape index (κ2) is 10.7. The van der Waals surface area contributed by atoms with Gasteiger partial charge in [0.15, 0.2) is 11.6 Å². The van der Waals surface area contributed by atoms with Crippen molar-refractivity contribution in [1.29, 1.82) is 0 Å². The lowest BCUT2D eigenvalue weighted by Gasteiger charge is -2.33. The number of benzene rings is 2. The number of hydrogen-bond acceptors (Lipinski definition) is 6. The van der Waals surface area contributed by atoms with Gasteiger partial charge in [0.2, 0.25) is 5.43 Å². The van der Waals surface area contributed by atoms with E-state index in [1.807, 2.05) is 32.0 Å². The second-order valence-electron chi connectivity index (χ2n) is 10.6. The number of ether oxygens (including phenoxy) is 1. The number of anilines is 1. The van der Waals surface area contributed by atoms with Crippen LogP contribution < -0.4 is 15.6 Å². The van der Waals surface area contributed by atoms with Gasteiger partial charge in [-0.2, -0.15) is 0 Å². The zero-order chi connectivity index (χ0) is 27.8. The van der Waals surface area contributed by atoms with Crippen LogP contribution in [0.3, 0.4) is 0 Å². The summed E-state index contributed by atoms with van der Waals surface area (Å²) in [7, 11) is 0. The number of carbonyl (C=O) groups excluding carboxylic acids is 2. The minimum absolute atomic E-state index is 0.0118. The molecule has 2 N–H and O–H groups in total. The van der Waals surface area contributed by atoms with Crippen LogP contribution in [0.15, 0.2) is 35.3 Å². The fraction of sp³-hybridized carbons (Fsp3) is 0.433. The number of carbonyl (C=O) groups is 2. The molecule has 0 unspecified atom stereocenters. The van der Waals surface area contributed by atoms with Crippen LogP contribution in [0.2, 0.25) is 0 Å². The largest absolute Gasteiger partial charge is 0.504 e. The molecule has 2 heterocycles. The molecule has 2 fully saturated rings. The van der Waals surface area contributed by atoms with Crippen molar-refractivity contribution >= 4 is 28.5 Å². The average molecular weight is 536 g/mol. The lowest BCUT2D eigenvalue weighted by atomic mass is 9.96. The van der Waals surface area contributed by atoms with Crippen molar-refractivity contribution in [1.82, 2.24) is 9.88 Å². The molecule has 39 heavy (non-hydrogen) atoms. The number of aromatic hydroxyl groups is 1. The summed E-state index contributed by atoms with van der Waals surface area (Å²) < 4.78 is 22.4. The van der Waals surface area contributed by atoms with Crippen molar-refractivity contribution in [2.45, 2.75) is 59.0 Å². The Morgan fingerprint density at radius 1 is 1.13 bits per heavy atom. The zero-order valence-electron chi connectivity index (χ0n) is 22.6. The zero-order valence-corrected chi connectivity index (χ0v) is 22.6. The number of aryl methyl sites for hydroxylation is 2. The molecular formula is C30H34FN3O5. The van der Waals surface area contributed by atoms with Crippen molar-refractivity contribution in [2.75, 3.05) is 24.6 Å². The van der Waals surface area contributed by atoms with E-state index in [2.05, 4.69) is 5.32 Å². The van der Waals surface area contributed by atoms with Crippen LogP contribution in [0.1, 0.15) is 65.7 Å². The van der Waals surface area contributed by atoms with Gasteiger partial charge in [-0.05, 0) is 63.6 Å². The Bertz CT molecular complexity index is 1500. The average Bonchev–Trinajstić information content (AvgIpc) is 3.75. The number of nitrogens with one attached hydrogen (secondary N) is 1. The summed E-state index contributed by atoms with van der Waals surface area (Å²) in [6, 6.07) is 7.08. The molecule has 8 nitrogen and oxygen atoms in total. The Morgan fingerprint density at radius 3 is 2.49 bits per heavy atom. The fourth-order valence-corrected chi connectivity index (χ4v) is 5.48. The number of esters is 1. The molecule has 0 bridgehead atoms. The number of halogens is 1. The van der Waals surface area contributed by atoms with Crippen LogP contribution in [-0.4, -0.2) is 41.2 Å². The predicted octanol–water partition coefficient (Wildman–Crippen LogP) is 4.51. The molecule has 2 aliphatic rings. The second-order valence-corrected chi connectivity index (χ2v) is 10.6. The number of rotatable bonds is 7. The summed E-state index contributed by atoms with van der Waals surface area (Å²) in [6.45, 7) is 7.02. The number of amides is 1. The van der Waals surface area contributed by atoms with E-state index in [0.29, 0.717) is 32.5 Å². The first-order valence-corrected chi connectivity index (χ1v) is 13.6. The quantitative estimate of drug-likeness (QED) is 0.432. The molecule has 5 rings (SSSR count). The van der Waals surface area contributed by atoms with Gasteiger partial charge in [-0.1, -0.05) is 23.8 Å². The van der Waals surface area contributed by atoms with Gasteiger partial charge in [0.1, 0.15) is 11.3 Å². The molecule has 206 valence electrons. The standard InChI is InChI=1S/C30H34FN3O5/c1-4-39-30(38)19-9-11-33(12-10-19)26-24(31)14-22-25(28(26)36)34(21-7-8-21)16-23(27(22)35)29(37)32-15-20-6-5-17(2)13-18(20)3/h5-6,13-14,16,19,21,36H,4,7-12,15H2,1-3H3,(H,32,37). The van der Waals surface area contributed by atoms with E-state index in [-0.39, 0.29) is 52.4 Å². The monoisotopic (exact) mass is 535 g/mol. The number of fused-ring (bicyclic) bond motifs is 1. The highest BCUT2D eigenvalue weighted by Crippen LogP contribution is 2.43. The number of aromatic nitrogens is 1. The van der Waals surface area contributed by atoms with E-state index in [1.54, 1.807) is 16.4 Å². The summed E-state index contributed by atoms with van der Waals surface area (Å²) in [5, 5.41) is 14.1. The third-order valence-electron chi connectivity index (χ3n) is 7.77. The summed E-state index contributed by atoms with van der Waals surface area (Å²) in [6.07, 6.45) is 4.11. The summed E-state index contributed by atoms with van der Waals surface area (Å²) in [5.41, 5.74) is 2.65. The Balaban J connectivity index is 1.47. The highest BCUT2D eigenvalue weighted by molar-refractivity contribution is 5.99. The summed E-state index contributed by atoms with van der Waals surface area (Å²) in [5.74, 6) is -2.11. The number of phenolic OH excluding ortho intramolecular Hbond substituents is 1. The van der Waals surface area contributed by atoms with Crippen LogP contribution in [0, 0.1) is 25.6 Å². The molecule has 1 aromatic heterocycles. The van der Waals surface area contributed by atoms with Gasteiger partial charge in [0.05, 0.1) is 23.4 Å².